The van der Waals surface area contributed by atoms with Crippen molar-refractivity contribution >= 4 is 44.8 Å². The number of hydrogen-bond acceptors (Lipinski definition) is 6. The number of carbonyl (C=O) groups is 2. The van der Waals surface area contributed by atoms with E-state index in [-0.39, 0.29) is 56.5 Å². The lowest BCUT2D eigenvalue weighted by atomic mass is 9.79. The van der Waals surface area contributed by atoms with Gasteiger partial charge in [0.15, 0.2) is 0 Å². The Labute approximate surface area is 248 Å². The average Bonchev–Trinajstić information content (AvgIpc) is 2.75. The second-order valence-electron chi connectivity index (χ2n) is 14.5. The van der Waals surface area contributed by atoms with Crippen LogP contribution in [0.15, 0.2) is 24.3 Å². The van der Waals surface area contributed by atoms with Crippen molar-refractivity contribution in [2.24, 2.45) is 0 Å². The maximum absolute atomic E-state index is 12.7. The number of nitrogens with one attached hydrogen (secondary N) is 2. The van der Waals surface area contributed by atoms with Crippen molar-refractivity contribution in [3.05, 3.63) is 46.5 Å². The molecule has 4 N–H and O–H groups in total. The number of hydrogen-bond donors (Lipinski definition) is 4. The number of benzene rings is 2. The lowest BCUT2D eigenvalue weighted by molar-refractivity contribution is -0.114. The smallest absolute Gasteiger partial charge is 0.235 e. The molecule has 0 radical (unpaired) electrons. The molecule has 0 heterocycles. The molecular weight excluding hydrogens is 540 g/mol. The van der Waals surface area contributed by atoms with Gasteiger partial charge in [-0.05, 0) is 45.9 Å². The molecule has 0 aromatic heterocycles. The molecule has 0 aliphatic rings. The van der Waals surface area contributed by atoms with Gasteiger partial charge in [0.05, 0.1) is 11.5 Å². The van der Waals surface area contributed by atoms with Crippen molar-refractivity contribution in [1.29, 1.82) is 0 Å². The van der Waals surface area contributed by atoms with Gasteiger partial charge in [-0.2, -0.15) is 0 Å². The van der Waals surface area contributed by atoms with E-state index in [1.807, 2.05) is 107 Å². The van der Waals surface area contributed by atoms with Crippen LogP contribution < -0.4 is 10.6 Å². The van der Waals surface area contributed by atoms with Crippen LogP contribution in [0.1, 0.15) is 105 Å². The number of anilines is 2. The maximum atomic E-state index is 12.7. The topological polar surface area (TPSA) is 98.7 Å². The number of aromatic hydroxyl groups is 2. The second-order valence-corrected chi connectivity index (χ2v) is 16.9. The van der Waals surface area contributed by atoms with Gasteiger partial charge in [0.25, 0.3) is 0 Å². The van der Waals surface area contributed by atoms with Crippen LogP contribution in [0.25, 0.3) is 0 Å². The van der Waals surface area contributed by atoms with E-state index in [4.69, 9.17) is 0 Å². The van der Waals surface area contributed by atoms with Crippen LogP contribution in [0.3, 0.4) is 0 Å². The third-order valence-corrected chi connectivity index (χ3v) is 8.62. The fraction of sp³-hybridized carbons (Fsp3) is 0.562. The summed E-state index contributed by atoms with van der Waals surface area (Å²) in [5.41, 5.74) is 3.28. The molecule has 2 amide bonds. The van der Waals surface area contributed by atoms with Gasteiger partial charge in [0.2, 0.25) is 11.8 Å². The molecule has 0 spiro atoms. The molecule has 2 rings (SSSR count). The van der Waals surface area contributed by atoms with E-state index >= 15 is 0 Å². The third-order valence-electron chi connectivity index (χ3n) is 6.48. The zero-order chi connectivity index (χ0) is 30.8. The Morgan fingerprint density at radius 2 is 0.775 bits per heavy atom. The van der Waals surface area contributed by atoms with Gasteiger partial charge >= 0.3 is 0 Å². The molecule has 6 nitrogen and oxygen atoms in total. The Morgan fingerprint density at radius 3 is 0.975 bits per heavy atom. The van der Waals surface area contributed by atoms with Gasteiger partial charge in [-0.25, -0.2) is 0 Å². The molecule has 8 heteroatoms. The van der Waals surface area contributed by atoms with Gasteiger partial charge in [-0.15, -0.1) is 0 Å². The fourth-order valence-corrected chi connectivity index (χ4v) is 5.95. The second kappa shape index (κ2) is 12.3. The summed E-state index contributed by atoms with van der Waals surface area (Å²) in [6, 6.07) is 7.35. The molecule has 0 bridgehead atoms. The highest BCUT2D eigenvalue weighted by Crippen LogP contribution is 2.42. The summed E-state index contributed by atoms with van der Waals surface area (Å²) in [4.78, 5) is 25.4. The van der Waals surface area contributed by atoms with Gasteiger partial charge < -0.3 is 20.8 Å². The zero-order valence-corrected chi connectivity index (χ0v) is 27.9. The Kier molecular flexibility index (Phi) is 10.4. The minimum atomic E-state index is -0.290. The Morgan fingerprint density at radius 1 is 0.550 bits per heavy atom. The molecule has 0 fully saturated rings. The number of phenolic OH excluding ortho intramolecular Hbond substituents is 2. The van der Waals surface area contributed by atoms with Crippen molar-refractivity contribution < 1.29 is 19.8 Å². The normalized spacial score (nSPS) is 12.8. The van der Waals surface area contributed by atoms with Gasteiger partial charge in [0, 0.05) is 33.6 Å². The third kappa shape index (κ3) is 9.10. The predicted molar refractivity (Wildman–Crippen MR) is 173 cm³/mol. The molecule has 0 saturated heterocycles. The highest BCUT2D eigenvalue weighted by Gasteiger charge is 2.28. The van der Waals surface area contributed by atoms with E-state index in [0.29, 0.717) is 11.4 Å². The average molecular weight is 589 g/mol. The van der Waals surface area contributed by atoms with E-state index in [1.54, 1.807) is 0 Å². The number of amides is 2. The molecule has 40 heavy (non-hydrogen) atoms. The predicted octanol–water partition coefficient (Wildman–Crippen LogP) is 8.25. The molecule has 0 saturated carbocycles. The fourth-order valence-electron chi connectivity index (χ4n) is 4.28. The molecule has 0 aliphatic carbocycles. The largest absolute Gasteiger partial charge is 0.507 e. The Hall–Kier alpha value is -2.32. The summed E-state index contributed by atoms with van der Waals surface area (Å²) >= 11 is 0. The molecule has 0 atom stereocenters. The lowest BCUT2D eigenvalue weighted by Gasteiger charge is -2.28. The van der Waals surface area contributed by atoms with Crippen molar-refractivity contribution in [3.63, 3.8) is 0 Å². The van der Waals surface area contributed by atoms with Gasteiger partial charge in [-0.3, -0.25) is 9.59 Å². The van der Waals surface area contributed by atoms with Gasteiger partial charge in [-0.1, -0.05) is 105 Å². The van der Waals surface area contributed by atoms with Crippen molar-refractivity contribution in [3.8, 4) is 11.5 Å². The molecule has 2 aromatic carbocycles. The van der Waals surface area contributed by atoms with Crippen LogP contribution in [-0.4, -0.2) is 33.5 Å². The minimum Gasteiger partial charge on any atom is -0.507 e. The van der Waals surface area contributed by atoms with Crippen molar-refractivity contribution in [2.45, 2.75) is 105 Å². The number of rotatable bonds is 7. The van der Waals surface area contributed by atoms with E-state index < -0.39 is 0 Å². The van der Waals surface area contributed by atoms with Crippen LogP contribution in [0.5, 0.6) is 11.5 Å². The Bertz CT molecular complexity index is 1080. The first-order valence-electron chi connectivity index (χ1n) is 13.6. The van der Waals surface area contributed by atoms with Crippen molar-refractivity contribution in [1.82, 2.24) is 0 Å². The van der Waals surface area contributed by atoms with E-state index in [2.05, 4.69) is 10.6 Å². The van der Waals surface area contributed by atoms with Gasteiger partial charge in [0.1, 0.15) is 11.5 Å². The summed E-state index contributed by atoms with van der Waals surface area (Å²) in [5.74, 6) is 0.545. The van der Waals surface area contributed by atoms with E-state index in [1.165, 1.54) is 21.6 Å². The SMILES string of the molecule is CC(C)(C)c1cc(NC(=O)CSSCC(=O)Nc2cc(C(C)(C)C)c(O)c(C(C)(C)C)c2)cc(C(C)(C)C)c1O. The van der Waals surface area contributed by atoms with Crippen LogP contribution in [0.2, 0.25) is 0 Å². The van der Waals surface area contributed by atoms with Crippen LogP contribution in [0.4, 0.5) is 11.4 Å². The number of phenols is 2. The van der Waals surface area contributed by atoms with Crippen molar-refractivity contribution in [2.75, 3.05) is 22.1 Å². The van der Waals surface area contributed by atoms with E-state index in [0.717, 1.165) is 22.3 Å². The molecule has 0 unspecified atom stereocenters. The highest BCUT2D eigenvalue weighted by molar-refractivity contribution is 8.77. The standard InChI is InChI=1S/C32H48N2O4S2/c1-29(2,3)21-13-19(14-22(27(21)37)30(4,5)6)33-25(35)17-39-40-18-26(36)34-20-15-23(31(7,8)9)28(38)24(16-20)32(10,11)12/h13-16,37-38H,17-18H2,1-12H3,(H,33,35)(H,34,36). The van der Waals surface area contributed by atoms with E-state index in [9.17, 15) is 19.8 Å². The first kappa shape index (κ1) is 33.9. The Balaban J connectivity index is 2.03. The first-order valence-corrected chi connectivity index (χ1v) is 16.1. The lowest BCUT2D eigenvalue weighted by Crippen LogP contribution is -2.20. The maximum Gasteiger partial charge on any atom is 0.235 e. The summed E-state index contributed by atoms with van der Waals surface area (Å²) in [6.07, 6.45) is 0. The first-order chi connectivity index (χ1) is 18.0. The minimum absolute atomic E-state index is 0.175. The summed E-state index contributed by atoms with van der Waals surface area (Å²) < 4.78 is 0. The van der Waals surface area contributed by atoms with Crippen LogP contribution in [0, 0.1) is 0 Å². The van der Waals surface area contributed by atoms with Crippen LogP contribution >= 0.6 is 21.6 Å². The summed E-state index contributed by atoms with van der Waals surface area (Å²) in [6.45, 7) is 24.4. The molecule has 0 aliphatic heterocycles. The highest BCUT2D eigenvalue weighted by atomic mass is 33.1. The summed E-state index contributed by atoms with van der Waals surface area (Å²) in [7, 11) is 2.63. The quantitative estimate of drug-likeness (QED) is 0.148. The molecule has 222 valence electrons. The zero-order valence-electron chi connectivity index (χ0n) is 26.3. The molecule has 2 aromatic rings. The monoisotopic (exact) mass is 588 g/mol. The molecular formula is C32H48N2O4S2. The summed E-state index contributed by atoms with van der Waals surface area (Å²) in [5, 5.41) is 27.7. The number of carbonyl (C=O) groups excluding carboxylic acids is 2. The van der Waals surface area contributed by atoms with Crippen LogP contribution in [-0.2, 0) is 31.2 Å².